The number of aromatic nitrogens is 3. The van der Waals surface area contributed by atoms with E-state index in [-0.39, 0.29) is 17.1 Å². The number of rotatable bonds is 4. The number of halogens is 1. The second kappa shape index (κ2) is 7.10. The van der Waals surface area contributed by atoms with Crippen LogP contribution in [0.3, 0.4) is 0 Å². The molecule has 1 aliphatic carbocycles. The average Bonchev–Trinajstić information content (AvgIpc) is 3.03. The lowest BCUT2D eigenvalue weighted by Crippen LogP contribution is -2.42. The molecule has 1 saturated carbocycles. The van der Waals surface area contributed by atoms with Crippen LogP contribution in [0.15, 0.2) is 42.7 Å². The predicted molar refractivity (Wildman–Crippen MR) is 101 cm³/mol. The summed E-state index contributed by atoms with van der Waals surface area (Å²) in [5.41, 5.74) is 2.68. The van der Waals surface area contributed by atoms with Crippen LogP contribution in [-0.4, -0.2) is 27.0 Å². The molecule has 0 radical (unpaired) electrons. The summed E-state index contributed by atoms with van der Waals surface area (Å²) in [5, 5.41) is 7.48. The molecule has 2 heterocycles. The number of carbonyl (C=O) groups excluding carboxylic acids is 1. The van der Waals surface area contributed by atoms with Gasteiger partial charge in [-0.15, -0.1) is 0 Å². The lowest BCUT2D eigenvalue weighted by molar-refractivity contribution is 0.0937. The summed E-state index contributed by atoms with van der Waals surface area (Å²) in [6, 6.07) is 8.51. The van der Waals surface area contributed by atoms with Gasteiger partial charge in [0.1, 0.15) is 11.4 Å². The normalized spacial score (nSPS) is 16.4. The van der Waals surface area contributed by atoms with Gasteiger partial charge in [-0.05, 0) is 43.5 Å². The fourth-order valence-corrected chi connectivity index (χ4v) is 4.20. The summed E-state index contributed by atoms with van der Waals surface area (Å²) in [6.45, 7) is 2.35. The minimum atomic E-state index is -0.234. The van der Waals surface area contributed by atoms with Crippen LogP contribution in [0.4, 0.5) is 4.39 Å². The minimum Gasteiger partial charge on any atom is -0.351 e. The van der Waals surface area contributed by atoms with Crippen LogP contribution in [0.2, 0.25) is 0 Å². The van der Waals surface area contributed by atoms with Crippen LogP contribution in [0.25, 0.3) is 5.65 Å². The zero-order valence-corrected chi connectivity index (χ0v) is 15.4. The molecule has 6 heteroatoms. The Morgan fingerprint density at radius 3 is 2.70 bits per heavy atom. The highest BCUT2D eigenvalue weighted by molar-refractivity contribution is 6.01. The van der Waals surface area contributed by atoms with Crippen molar-refractivity contribution >= 4 is 11.6 Å². The van der Waals surface area contributed by atoms with Gasteiger partial charge in [0.25, 0.3) is 5.91 Å². The molecule has 3 aromatic rings. The minimum absolute atomic E-state index is 0.147. The Morgan fingerprint density at radius 1 is 1.22 bits per heavy atom. The van der Waals surface area contributed by atoms with Crippen molar-refractivity contribution in [3.05, 3.63) is 65.4 Å². The summed E-state index contributed by atoms with van der Waals surface area (Å²) in [4.78, 5) is 17.2. The van der Waals surface area contributed by atoms with E-state index < -0.39 is 0 Å². The molecular formula is C21H23FN4O. The quantitative estimate of drug-likeness (QED) is 0.764. The van der Waals surface area contributed by atoms with E-state index in [0.29, 0.717) is 23.4 Å². The maximum Gasteiger partial charge on any atom is 0.257 e. The molecule has 27 heavy (non-hydrogen) atoms. The Hall–Kier alpha value is -2.76. The molecule has 0 bridgehead atoms. The highest BCUT2D eigenvalue weighted by Crippen LogP contribution is 2.39. The number of nitrogens with one attached hydrogen (secondary N) is 1. The smallest absolute Gasteiger partial charge is 0.257 e. The third-order valence-electron chi connectivity index (χ3n) is 5.65. The topological polar surface area (TPSA) is 59.3 Å². The van der Waals surface area contributed by atoms with Gasteiger partial charge in [-0.25, -0.2) is 13.9 Å². The second-order valence-corrected chi connectivity index (χ2v) is 7.38. The molecule has 2 aromatic heterocycles. The number of hydrogen-bond acceptors (Lipinski definition) is 3. The fraction of sp³-hybridized carbons (Fsp3) is 0.381. The van der Waals surface area contributed by atoms with Crippen LogP contribution in [0.1, 0.15) is 53.7 Å². The van der Waals surface area contributed by atoms with E-state index in [4.69, 9.17) is 0 Å². The van der Waals surface area contributed by atoms with Crippen molar-refractivity contribution in [1.29, 1.82) is 0 Å². The van der Waals surface area contributed by atoms with Gasteiger partial charge in [-0.3, -0.25) is 4.79 Å². The first-order chi connectivity index (χ1) is 13.1. The van der Waals surface area contributed by atoms with Gasteiger partial charge < -0.3 is 5.32 Å². The molecule has 5 nitrogen and oxygen atoms in total. The SMILES string of the molecule is Cc1nn2cccnc2c1C(=O)NCC1(c2ccc(F)cc2)CCCCC1. The van der Waals surface area contributed by atoms with Crippen molar-refractivity contribution in [3.63, 3.8) is 0 Å². The lowest BCUT2D eigenvalue weighted by atomic mass is 9.69. The van der Waals surface area contributed by atoms with E-state index >= 15 is 0 Å². The number of amides is 1. The summed E-state index contributed by atoms with van der Waals surface area (Å²) < 4.78 is 15.0. The molecule has 1 fully saturated rings. The summed E-state index contributed by atoms with van der Waals surface area (Å²) in [5.74, 6) is -0.393. The molecule has 0 spiro atoms. The third kappa shape index (κ3) is 3.31. The molecule has 0 aliphatic heterocycles. The van der Waals surface area contributed by atoms with Gasteiger partial charge in [0.2, 0.25) is 0 Å². The molecule has 0 saturated heterocycles. The molecular weight excluding hydrogens is 343 g/mol. The van der Waals surface area contributed by atoms with Gasteiger partial charge in [0, 0.05) is 24.4 Å². The van der Waals surface area contributed by atoms with Gasteiger partial charge in [0.15, 0.2) is 5.65 Å². The molecule has 4 rings (SSSR count). The Labute approximate surface area is 157 Å². The van der Waals surface area contributed by atoms with Crippen molar-refractivity contribution in [1.82, 2.24) is 19.9 Å². The van der Waals surface area contributed by atoms with E-state index in [1.165, 1.54) is 18.6 Å². The van der Waals surface area contributed by atoms with E-state index in [1.807, 2.05) is 19.1 Å². The van der Waals surface area contributed by atoms with E-state index in [0.717, 1.165) is 31.2 Å². The second-order valence-electron chi connectivity index (χ2n) is 7.38. The number of aryl methyl sites for hydroxylation is 1. The van der Waals surface area contributed by atoms with Crippen LogP contribution < -0.4 is 5.32 Å². The average molecular weight is 366 g/mol. The number of nitrogens with zero attached hydrogens (tertiary/aromatic N) is 3. The third-order valence-corrected chi connectivity index (χ3v) is 5.65. The summed E-state index contributed by atoms with van der Waals surface area (Å²) >= 11 is 0. The van der Waals surface area contributed by atoms with Crippen molar-refractivity contribution in [2.75, 3.05) is 6.54 Å². The molecule has 1 aromatic carbocycles. The first-order valence-corrected chi connectivity index (χ1v) is 9.43. The fourth-order valence-electron chi connectivity index (χ4n) is 4.20. The number of benzene rings is 1. The molecule has 1 N–H and O–H groups in total. The van der Waals surface area contributed by atoms with E-state index in [1.54, 1.807) is 23.0 Å². The number of carbonyl (C=O) groups is 1. The van der Waals surface area contributed by atoms with Gasteiger partial charge >= 0.3 is 0 Å². The standard InChI is InChI=1S/C21H23FN4O/c1-15-18(19-23-12-5-13-26(19)25-15)20(27)24-14-21(10-3-2-4-11-21)16-6-8-17(22)9-7-16/h5-9,12-13H,2-4,10-11,14H2,1H3,(H,24,27). The lowest BCUT2D eigenvalue weighted by Gasteiger charge is -2.38. The summed E-state index contributed by atoms with van der Waals surface area (Å²) in [7, 11) is 0. The largest absolute Gasteiger partial charge is 0.351 e. The Morgan fingerprint density at radius 2 is 1.96 bits per heavy atom. The monoisotopic (exact) mass is 366 g/mol. The molecule has 140 valence electrons. The first kappa shape index (κ1) is 17.6. The van der Waals surface area contributed by atoms with Gasteiger partial charge in [-0.2, -0.15) is 5.10 Å². The van der Waals surface area contributed by atoms with Crippen LogP contribution >= 0.6 is 0 Å². The van der Waals surface area contributed by atoms with E-state index in [9.17, 15) is 9.18 Å². The molecule has 1 amide bonds. The highest BCUT2D eigenvalue weighted by Gasteiger charge is 2.34. The van der Waals surface area contributed by atoms with Crippen LogP contribution in [-0.2, 0) is 5.41 Å². The Kier molecular flexibility index (Phi) is 4.64. The molecule has 0 unspecified atom stereocenters. The van der Waals surface area contributed by atoms with E-state index in [2.05, 4.69) is 15.4 Å². The van der Waals surface area contributed by atoms with Gasteiger partial charge in [0.05, 0.1) is 5.69 Å². The van der Waals surface area contributed by atoms with Crippen molar-refractivity contribution in [2.45, 2.75) is 44.4 Å². The predicted octanol–water partition coefficient (Wildman–Crippen LogP) is 3.81. The van der Waals surface area contributed by atoms with Crippen molar-refractivity contribution in [3.8, 4) is 0 Å². The molecule has 0 atom stereocenters. The summed E-state index contributed by atoms with van der Waals surface area (Å²) in [6.07, 6.45) is 8.86. The molecule has 1 aliphatic rings. The number of hydrogen-bond donors (Lipinski definition) is 1. The van der Waals surface area contributed by atoms with Crippen molar-refractivity contribution < 1.29 is 9.18 Å². The zero-order valence-electron chi connectivity index (χ0n) is 15.4. The first-order valence-electron chi connectivity index (χ1n) is 9.43. The Bertz CT molecular complexity index is 958. The van der Waals surface area contributed by atoms with Crippen molar-refractivity contribution in [2.24, 2.45) is 0 Å². The van der Waals surface area contributed by atoms with Crippen LogP contribution in [0.5, 0.6) is 0 Å². The van der Waals surface area contributed by atoms with Crippen LogP contribution in [0, 0.1) is 12.7 Å². The van der Waals surface area contributed by atoms with Gasteiger partial charge in [-0.1, -0.05) is 31.4 Å². The highest BCUT2D eigenvalue weighted by atomic mass is 19.1. The Balaban J connectivity index is 1.60. The number of fused-ring (bicyclic) bond motifs is 1. The zero-order chi connectivity index (χ0) is 18.9. The maximum absolute atomic E-state index is 13.4. The maximum atomic E-state index is 13.4.